The van der Waals surface area contributed by atoms with E-state index in [0.717, 1.165) is 22.5 Å². The number of nitrogens with zero attached hydrogens (tertiary/aromatic N) is 2. The first kappa shape index (κ1) is 29.9. The Labute approximate surface area is 233 Å². The van der Waals surface area contributed by atoms with Gasteiger partial charge < -0.3 is 15.1 Å². The number of hydrogen-bond donors (Lipinski definition) is 1. The number of piperidine rings is 1. The predicted octanol–water partition coefficient (Wildman–Crippen LogP) is 7.00. The predicted molar refractivity (Wildman–Crippen MR) is 160 cm³/mol. The first-order chi connectivity index (χ1) is 18.5. The highest BCUT2D eigenvalue weighted by Gasteiger charge is 2.40. The lowest BCUT2D eigenvalue weighted by Gasteiger charge is -2.41. The summed E-state index contributed by atoms with van der Waals surface area (Å²) < 4.78 is 14.3. The van der Waals surface area contributed by atoms with Crippen LogP contribution < -0.4 is 10.2 Å². The summed E-state index contributed by atoms with van der Waals surface area (Å²) >= 11 is 0. The van der Waals surface area contributed by atoms with Crippen LogP contribution in [0.5, 0.6) is 0 Å². The van der Waals surface area contributed by atoms with E-state index in [9.17, 15) is 14.0 Å². The van der Waals surface area contributed by atoms with Crippen LogP contribution in [0.25, 0.3) is 0 Å². The number of nitrogens with one attached hydrogen (secondary N) is 1. The van der Waals surface area contributed by atoms with Crippen LogP contribution in [-0.2, 0) is 15.0 Å². The summed E-state index contributed by atoms with van der Waals surface area (Å²) in [6.07, 6.45) is 6.24. The molecule has 1 aliphatic rings. The van der Waals surface area contributed by atoms with Crippen molar-refractivity contribution < 1.29 is 14.0 Å². The normalized spacial score (nSPS) is 18.5. The molecule has 5 nitrogen and oxygen atoms in total. The average Bonchev–Trinajstić information content (AvgIpc) is 2.91. The standard InChI is InChI=1S/C33H42FN3O2/c1-8-9-13-23(2)29(22-34)32(39)37-19-12-18-28(30(37)24-14-10-17-27(20-24)36(6)7)31(38)35-26-16-11-15-25(21-26)33(3,4)5/h8-11,13-17,20-21,28,30H,1,12,18-19,22H2,2-7H3,(H,35,38)/b13-9-,29-23+/t28-,30-/m0/s1. The molecular formula is C33H42FN3O2. The molecule has 0 radical (unpaired) electrons. The molecule has 2 amide bonds. The molecule has 208 valence electrons. The molecule has 1 N–H and O–H groups in total. The fourth-order valence-corrected chi connectivity index (χ4v) is 5.01. The largest absolute Gasteiger partial charge is 0.378 e. The van der Waals surface area contributed by atoms with E-state index in [1.807, 2.05) is 61.5 Å². The van der Waals surface area contributed by atoms with E-state index in [2.05, 4.69) is 38.7 Å². The Morgan fingerprint density at radius 1 is 1.15 bits per heavy atom. The molecular weight excluding hydrogens is 489 g/mol. The Balaban J connectivity index is 2.05. The van der Waals surface area contributed by atoms with Crippen molar-refractivity contribution in [3.63, 3.8) is 0 Å². The van der Waals surface area contributed by atoms with Crippen molar-refractivity contribution in [1.82, 2.24) is 4.90 Å². The molecule has 1 saturated heterocycles. The molecule has 0 aliphatic carbocycles. The number of amides is 2. The Kier molecular flexibility index (Phi) is 9.90. The SMILES string of the molecule is C=C/C=C\C(C)=C(/CF)C(=O)N1CCC[C@H](C(=O)Nc2cccc(C(C)(C)C)c2)[C@@H]1c1cccc(N(C)C)c1. The topological polar surface area (TPSA) is 52.7 Å². The first-order valence-corrected chi connectivity index (χ1v) is 13.5. The van der Waals surface area contributed by atoms with E-state index in [-0.39, 0.29) is 22.8 Å². The van der Waals surface area contributed by atoms with Crippen molar-refractivity contribution >= 4 is 23.2 Å². The second-order valence-electron chi connectivity index (χ2n) is 11.4. The summed E-state index contributed by atoms with van der Waals surface area (Å²) in [4.78, 5) is 31.4. The van der Waals surface area contributed by atoms with Gasteiger partial charge in [0.15, 0.2) is 0 Å². The van der Waals surface area contributed by atoms with E-state index in [0.29, 0.717) is 25.0 Å². The number of allylic oxidation sites excluding steroid dienone is 4. The maximum Gasteiger partial charge on any atom is 0.253 e. The third kappa shape index (κ3) is 7.25. The molecule has 6 heteroatoms. The van der Waals surface area contributed by atoms with Crippen LogP contribution in [0.1, 0.15) is 57.7 Å². The number of carbonyl (C=O) groups excluding carboxylic acids is 2. The molecule has 1 aliphatic heterocycles. The van der Waals surface area contributed by atoms with Gasteiger partial charge in [-0.05, 0) is 66.1 Å². The van der Waals surface area contributed by atoms with Crippen LogP contribution in [0.2, 0.25) is 0 Å². The molecule has 2 aromatic carbocycles. The molecule has 0 saturated carbocycles. The molecule has 1 heterocycles. The second kappa shape index (κ2) is 12.9. The fourth-order valence-electron chi connectivity index (χ4n) is 5.01. The van der Waals surface area contributed by atoms with Gasteiger partial charge in [0.1, 0.15) is 6.67 Å². The smallest absolute Gasteiger partial charge is 0.253 e. The monoisotopic (exact) mass is 531 g/mol. The molecule has 39 heavy (non-hydrogen) atoms. The van der Waals surface area contributed by atoms with Crippen LogP contribution in [0.3, 0.4) is 0 Å². The van der Waals surface area contributed by atoms with Crippen LogP contribution in [0, 0.1) is 5.92 Å². The number of anilines is 2. The molecule has 3 rings (SSSR count). The van der Waals surface area contributed by atoms with Crippen LogP contribution in [0.15, 0.2) is 84.5 Å². The summed E-state index contributed by atoms with van der Waals surface area (Å²) in [6.45, 7) is 11.3. The number of alkyl halides is 1. The summed E-state index contributed by atoms with van der Waals surface area (Å²) in [7, 11) is 3.91. The number of rotatable bonds is 8. The zero-order valence-electron chi connectivity index (χ0n) is 24.1. The molecule has 0 bridgehead atoms. The minimum absolute atomic E-state index is 0.0586. The summed E-state index contributed by atoms with van der Waals surface area (Å²) in [5.41, 5.74) is 4.26. The molecule has 0 spiro atoms. The highest BCUT2D eigenvalue weighted by molar-refractivity contribution is 5.97. The number of likely N-dealkylation sites (tertiary alicyclic amines) is 1. The van der Waals surface area contributed by atoms with Crippen molar-refractivity contribution in [3.8, 4) is 0 Å². The fraction of sp³-hybridized carbons (Fsp3) is 0.394. The molecule has 0 unspecified atom stereocenters. The van der Waals surface area contributed by atoms with Crippen molar-refractivity contribution in [2.75, 3.05) is 37.5 Å². The quantitative estimate of drug-likeness (QED) is 0.295. The van der Waals surface area contributed by atoms with Crippen LogP contribution >= 0.6 is 0 Å². The van der Waals surface area contributed by atoms with Crippen molar-refractivity contribution in [2.24, 2.45) is 5.92 Å². The van der Waals surface area contributed by atoms with Gasteiger partial charge in [0, 0.05) is 32.0 Å². The van der Waals surface area contributed by atoms with E-state index in [1.54, 1.807) is 30.1 Å². The van der Waals surface area contributed by atoms with Gasteiger partial charge in [-0.2, -0.15) is 0 Å². The van der Waals surface area contributed by atoms with Crippen LogP contribution in [0.4, 0.5) is 15.8 Å². The Hall–Kier alpha value is -3.67. The van der Waals surface area contributed by atoms with Crippen LogP contribution in [-0.4, -0.2) is 44.0 Å². The maximum absolute atomic E-state index is 14.3. The van der Waals surface area contributed by atoms with E-state index in [4.69, 9.17) is 0 Å². The van der Waals surface area contributed by atoms with E-state index < -0.39 is 18.6 Å². The van der Waals surface area contributed by atoms with Gasteiger partial charge in [0.05, 0.1) is 17.5 Å². The third-order valence-electron chi connectivity index (χ3n) is 7.30. The van der Waals surface area contributed by atoms with Crippen molar-refractivity contribution in [1.29, 1.82) is 0 Å². The van der Waals surface area contributed by atoms with E-state index >= 15 is 0 Å². The summed E-state index contributed by atoms with van der Waals surface area (Å²) in [5.74, 6) is -1.02. The highest BCUT2D eigenvalue weighted by Crippen LogP contribution is 2.39. The van der Waals surface area contributed by atoms with Gasteiger partial charge in [-0.3, -0.25) is 9.59 Å². The van der Waals surface area contributed by atoms with Gasteiger partial charge in [-0.1, -0.05) is 69.8 Å². The highest BCUT2D eigenvalue weighted by atomic mass is 19.1. The number of carbonyl (C=O) groups is 2. The van der Waals surface area contributed by atoms with Gasteiger partial charge in [-0.15, -0.1) is 0 Å². The molecule has 0 aromatic heterocycles. The molecule has 1 fully saturated rings. The van der Waals surface area contributed by atoms with Gasteiger partial charge in [0.25, 0.3) is 5.91 Å². The Morgan fingerprint density at radius 2 is 1.87 bits per heavy atom. The van der Waals surface area contributed by atoms with Gasteiger partial charge in [-0.25, -0.2) is 4.39 Å². The lowest BCUT2D eigenvalue weighted by Crippen LogP contribution is -2.47. The van der Waals surface area contributed by atoms with Crippen molar-refractivity contribution in [2.45, 2.75) is 52.0 Å². The Bertz CT molecular complexity index is 1260. The minimum Gasteiger partial charge on any atom is -0.378 e. The van der Waals surface area contributed by atoms with E-state index in [1.165, 1.54) is 0 Å². The van der Waals surface area contributed by atoms with Gasteiger partial charge in [0.2, 0.25) is 5.91 Å². The van der Waals surface area contributed by atoms with Crippen molar-refractivity contribution in [3.05, 3.63) is 95.6 Å². The lowest BCUT2D eigenvalue weighted by molar-refractivity contribution is -0.136. The zero-order chi connectivity index (χ0) is 28.7. The number of hydrogen-bond acceptors (Lipinski definition) is 3. The second-order valence-corrected chi connectivity index (χ2v) is 11.4. The zero-order valence-corrected chi connectivity index (χ0v) is 24.1. The lowest BCUT2D eigenvalue weighted by atomic mass is 9.83. The third-order valence-corrected chi connectivity index (χ3v) is 7.30. The molecule has 2 atom stereocenters. The number of benzene rings is 2. The summed E-state index contributed by atoms with van der Waals surface area (Å²) in [5, 5.41) is 3.12. The maximum atomic E-state index is 14.3. The minimum atomic E-state index is -0.885. The molecule has 2 aromatic rings. The average molecular weight is 532 g/mol. The first-order valence-electron chi connectivity index (χ1n) is 13.5. The Morgan fingerprint density at radius 3 is 2.51 bits per heavy atom. The summed E-state index contributed by atoms with van der Waals surface area (Å²) in [6, 6.07) is 15.3. The van der Waals surface area contributed by atoms with Gasteiger partial charge >= 0.3 is 0 Å². The number of halogens is 1.